The molecule has 11 heavy (non-hydrogen) atoms. The molecule has 1 fully saturated rings. The molecule has 2 N–H and O–H groups in total. The molecule has 0 unspecified atom stereocenters. The molecule has 60 valence electrons. The maximum Gasteiger partial charge on any atom is 0.330 e. The van der Waals surface area contributed by atoms with Crippen molar-refractivity contribution in [1.82, 2.24) is 15.8 Å². The summed E-state index contributed by atoms with van der Waals surface area (Å²) in [6.07, 6.45) is 0.358. The highest BCUT2D eigenvalue weighted by Gasteiger charge is 2.25. The lowest BCUT2D eigenvalue weighted by atomic mass is 10.4. The molecule has 6 heteroatoms. The lowest BCUT2D eigenvalue weighted by molar-refractivity contribution is -0.151. The first-order valence-corrected chi connectivity index (χ1v) is 3.05. The summed E-state index contributed by atoms with van der Waals surface area (Å²) in [6, 6.07) is 0. The summed E-state index contributed by atoms with van der Waals surface area (Å²) in [4.78, 5) is 31.3. The first-order chi connectivity index (χ1) is 5.25. The Morgan fingerprint density at radius 3 is 2.91 bits per heavy atom. The molecule has 1 aliphatic rings. The number of hydrogen-bond acceptors (Lipinski definition) is 3. The van der Waals surface area contributed by atoms with Gasteiger partial charge in [-0.05, 0) is 0 Å². The summed E-state index contributed by atoms with van der Waals surface area (Å²) in [5, 5.41) is 3.30. The van der Waals surface area contributed by atoms with E-state index in [0.29, 0.717) is 19.5 Å². The number of piperazine rings is 1. The van der Waals surface area contributed by atoms with Crippen LogP contribution in [0.4, 0.5) is 0 Å². The number of nitrogens with one attached hydrogen (secondary N) is 2. The van der Waals surface area contributed by atoms with Gasteiger partial charge in [-0.3, -0.25) is 19.8 Å². The molecule has 0 spiro atoms. The van der Waals surface area contributed by atoms with E-state index in [1.54, 1.807) is 0 Å². The van der Waals surface area contributed by atoms with E-state index >= 15 is 0 Å². The van der Waals surface area contributed by atoms with Gasteiger partial charge in [0.25, 0.3) is 0 Å². The van der Waals surface area contributed by atoms with Crippen LogP contribution in [0.1, 0.15) is 0 Å². The Kier molecular flexibility index (Phi) is 2.05. The van der Waals surface area contributed by atoms with Gasteiger partial charge in [0.15, 0.2) is 0 Å². The van der Waals surface area contributed by atoms with Gasteiger partial charge in [-0.25, -0.2) is 5.01 Å². The molecule has 0 aromatic rings. The SMILES string of the molecule is O=CNN1CCNC(=O)C1=O. The van der Waals surface area contributed by atoms with E-state index in [9.17, 15) is 14.4 Å². The number of carbonyl (C=O) groups excluding carboxylic acids is 3. The van der Waals surface area contributed by atoms with Crippen LogP contribution in [0.2, 0.25) is 0 Å². The highest BCUT2D eigenvalue weighted by atomic mass is 16.2. The van der Waals surface area contributed by atoms with Crippen LogP contribution in [-0.2, 0) is 14.4 Å². The second-order valence-corrected chi connectivity index (χ2v) is 1.96. The van der Waals surface area contributed by atoms with Gasteiger partial charge in [-0.1, -0.05) is 0 Å². The van der Waals surface area contributed by atoms with Crippen molar-refractivity contribution in [1.29, 1.82) is 0 Å². The summed E-state index contributed by atoms with van der Waals surface area (Å²) >= 11 is 0. The van der Waals surface area contributed by atoms with Crippen LogP contribution >= 0.6 is 0 Å². The Bertz CT molecular complexity index is 203. The van der Waals surface area contributed by atoms with Crippen LogP contribution in [0, 0.1) is 0 Å². The van der Waals surface area contributed by atoms with Crippen molar-refractivity contribution >= 4 is 18.2 Å². The topological polar surface area (TPSA) is 78.5 Å². The fourth-order valence-electron chi connectivity index (χ4n) is 0.768. The molecule has 0 atom stereocenters. The van der Waals surface area contributed by atoms with Crippen molar-refractivity contribution in [3.63, 3.8) is 0 Å². The lowest BCUT2D eigenvalue weighted by Gasteiger charge is -2.24. The summed E-state index contributed by atoms with van der Waals surface area (Å²) in [7, 11) is 0. The molecular weight excluding hydrogens is 150 g/mol. The monoisotopic (exact) mass is 157 g/mol. The van der Waals surface area contributed by atoms with Crippen molar-refractivity contribution in [2.24, 2.45) is 0 Å². The molecule has 0 aromatic heterocycles. The maximum absolute atomic E-state index is 10.8. The summed E-state index contributed by atoms with van der Waals surface area (Å²) in [5.41, 5.74) is 2.11. The smallest absolute Gasteiger partial charge is 0.330 e. The molecule has 0 aromatic carbocycles. The minimum atomic E-state index is -0.733. The van der Waals surface area contributed by atoms with Crippen LogP contribution in [0.15, 0.2) is 0 Å². The van der Waals surface area contributed by atoms with Crippen molar-refractivity contribution < 1.29 is 14.4 Å². The molecule has 1 aliphatic heterocycles. The predicted molar refractivity (Wildman–Crippen MR) is 33.9 cm³/mol. The number of rotatable bonds is 2. The molecule has 0 saturated carbocycles. The highest BCUT2D eigenvalue weighted by Crippen LogP contribution is 1.88. The van der Waals surface area contributed by atoms with Gasteiger partial charge in [0.05, 0.1) is 6.54 Å². The number of carbonyl (C=O) groups is 3. The van der Waals surface area contributed by atoms with Crippen LogP contribution in [0.25, 0.3) is 0 Å². The van der Waals surface area contributed by atoms with E-state index in [-0.39, 0.29) is 0 Å². The summed E-state index contributed by atoms with van der Waals surface area (Å²) in [6.45, 7) is 0.675. The molecule has 0 bridgehead atoms. The van der Waals surface area contributed by atoms with E-state index in [4.69, 9.17) is 0 Å². The Labute approximate surface area is 62.5 Å². The third-order valence-electron chi connectivity index (χ3n) is 1.27. The van der Waals surface area contributed by atoms with Crippen molar-refractivity contribution in [2.75, 3.05) is 13.1 Å². The van der Waals surface area contributed by atoms with Crippen LogP contribution < -0.4 is 10.7 Å². The normalized spacial score (nSPS) is 17.6. The Balaban J connectivity index is 2.58. The van der Waals surface area contributed by atoms with Gasteiger partial charge < -0.3 is 5.32 Å². The summed E-state index contributed by atoms with van der Waals surface area (Å²) < 4.78 is 0. The fraction of sp³-hybridized carbons (Fsp3) is 0.400. The quantitative estimate of drug-likeness (QED) is 0.346. The molecule has 1 saturated heterocycles. The zero-order valence-electron chi connectivity index (χ0n) is 5.66. The zero-order valence-corrected chi connectivity index (χ0v) is 5.66. The zero-order chi connectivity index (χ0) is 8.27. The van der Waals surface area contributed by atoms with Gasteiger partial charge in [-0.2, -0.15) is 0 Å². The third kappa shape index (κ3) is 1.46. The van der Waals surface area contributed by atoms with Gasteiger partial charge >= 0.3 is 11.8 Å². The highest BCUT2D eigenvalue weighted by molar-refractivity contribution is 6.35. The van der Waals surface area contributed by atoms with E-state index in [1.807, 2.05) is 0 Å². The molecule has 3 amide bonds. The van der Waals surface area contributed by atoms with Gasteiger partial charge in [0.1, 0.15) is 0 Å². The first-order valence-electron chi connectivity index (χ1n) is 3.05. The summed E-state index contributed by atoms with van der Waals surface area (Å²) in [5.74, 6) is -1.42. The number of hydrazine groups is 1. The number of nitrogens with zero attached hydrogens (tertiary/aromatic N) is 1. The second-order valence-electron chi connectivity index (χ2n) is 1.96. The minimum Gasteiger partial charge on any atom is -0.346 e. The standard InChI is InChI=1S/C5H7N3O3/c9-3-7-8-2-1-6-4(10)5(8)11/h3H,1-2H2,(H,6,10)(H,7,9). The predicted octanol–water partition coefficient (Wildman–Crippen LogP) is -2.39. The number of amides is 3. The largest absolute Gasteiger partial charge is 0.346 e. The van der Waals surface area contributed by atoms with Gasteiger partial charge in [0.2, 0.25) is 6.41 Å². The third-order valence-corrected chi connectivity index (χ3v) is 1.27. The van der Waals surface area contributed by atoms with E-state index in [2.05, 4.69) is 10.7 Å². The molecule has 6 nitrogen and oxygen atoms in total. The van der Waals surface area contributed by atoms with Crippen molar-refractivity contribution in [3.05, 3.63) is 0 Å². The average Bonchev–Trinajstić information content (AvgIpc) is 1.99. The van der Waals surface area contributed by atoms with Crippen molar-refractivity contribution in [3.8, 4) is 0 Å². The van der Waals surface area contributed by atoms with E-state index in [0.717, 1.165) is 5.01 Å². The first kappa shape index (κ1) is 7.52. The molecule has 1 rings (SSSR count). The van der Waals surface area contributed by atoms with E-state index in [1.165, 1.54) is 0 Å². The average molecular weight is 157 g/mol. The minimum absolute atomic E-state index is 0.309. The second kappa shape index (κ2) is 3.00. The maximum atomic E-state index is 10.8. The van der Waals surface area contributed by atoms with Crippen molar-refractivity contribution in [2.45, 2.75) is 0 Å². The van der Waals surface area contributed by atoms with E-state index < -0.39 is 11.8 Å². The Morgan fingerprint density at radius 2 is 2.27 bits per heavy atom. The van der Waals surface area contributed by atoms with Gasteiger partial charge in [0, 0.05) is 6.54 Å². The van der Waals surface area contributed by atoms with Gasteiger partial charge in [-0.15, -0.1) is 0 Å². The molecular formula is C5H7N3O3. The fourth-order valence-corrected chi connectivity index (χ4v) is 0.768. The molecule has 1 heterocycles. The van der Waals surface area contributed by atoms with Crippen LogP contribution in [0.3, 0.4) is 0 Å². The van der Waals surface area contributed by atoms with Crippen LogP contribution in [-0.4, -0.2) is 36.3 Å². The Morgan fingerprint density at radius 1 is 1.55 bits per heavy atom. The molecule has 0 aliphatic carbocycles. The number of hydrogen-bond donors (Lipinski definition) is 2. The van der Waals surface area contributed by atoms with Crippen LogP contribution in [0.5, 0.6) is 0 Å². The lowest BCUT2D eigenvalue weighted by Crippen LogP contribution is -2.56. The molecule has 0 radical (unpaired) electrons. The Hall–Kier alpha value is -1.59.